The van der Waals surface area contributed by atoms with Gasteiger partial charge in [0.15, 0.2) is 0 Å². The first kappa shape index (κ1) is 9.21. The van der Waals surface area contributed by atoms with Gasteiger partial charge in [-0.3, -0.25) is 0 Å². The van der Waals surface area contributed by atoms with Crippen LogP contribution in [0, 0.1) is 0 Å². The SMILES string of the molecule is O=C(Br)Oc1cccc2ccccc12. The van der Waals surface area contributed by atoms with Crippen molar-refractivity contribution in [1.29, 1.82) is 0 Å². The number of ether oxygens (including phenoxy) is 1. The standard InChI is InChI=1S/C11H7BrO2/c12-11(13)14-10-7-3-5-8-4-1-2-6-9(8)10/h1-7H. The summed E-state index contributed by atoms with van der Waals surface area (Å²) in [7, 11) is 0. The Morgan fingerprint density at radius 2 is 1.79 bits per heavy atom. The first-order valence-corrected chi connectivity index (χ1v) is 4.92. The molecule has 0 N–H and O–H groups in total. The lowest BCUT2D eigenvalue weighted by atomic mass is 10.1. The van der Waals surface area contributed by atoms with Crippen molar-refractivity contribution in [2.45, 2.75) is 0 Å². The van der Waals surface area contributed by atoms with Crippen LogP contribution in [0.4, 0.5) is 4.79 Å². The summed E-state index contributed by atoms with van der Waals surface area (Å²) in [5.74, 6) is 0.574. The summed E-state index contributed by atoms with van der Waals surface area (Å²) < 4.78 is 5.01. The molecule has 2 rings (SSSR count). The topological polar surface area (TPSA) is 26.3 Å². The van der Waals surface area contributed by atoms with Crippen LogP contribution in [0.15, 0.2) is 42.5 Å². The van der Waals surface area contributed by atoms with E-state index in [9.17, 15) is 4.79 Å². The van der Waals surface area contributed by atoms with E-state index >= 15 is 0 Å². The van der Waals surface area contributed by atoms with Gasteiger partial charge in [-0.05, 0) is 11.5 Å². The molecule has 0 spiro atoms. The minimum absolute atomic E-state index is 0.478. The number of carbonyl (C=O) groups excluding carboxylic acids is 1. The number of halogens is 1. The Morgan fingerprint density at radius 3 is 2.57 bits per heavy atom. The van der Waals surface area contributed by atoms with Gasteiger partial charge >= 0.3 is 4.88 Å². The van der Waals surface area contributed by atoms with Crippen LogP contribution in [0.1, 0.15) is 0 Å². The molecule has 0 atom stereocenters. The highest BCUT2D eigenvalue weighted by atomic mass is 79.9. The largest absolute Gasteiger partial charge is 0.418 e. The van der Waals surface area contributed by atoms with E-state index in [2.05, 4.69) is 15.9 Å². The quantitative estimate of drug-likeness (QED) is 0.721. The van der Waals surface area contributed by atoms with E-state index in [4.69, 9.17) is 4.74 Å². The van der Waals surface area contributed by atoms with Crippen LogP contribution in [0.3, 0.4) is 0 Å². The van der Waals surface area contributed by atoms with Crippen molar-refractivity contribution in [3.05, 3.63) is 42.5 Å². The Labute approximate surface area is 89.6 Å². The molecule has 2 nitrogen and oxygen atoms in total. The van der Waals surface area contributed by atoms with E-state index in [1.54, 1.807) is 6.07 Å². The van der Waals surface area contributed by atoms with E-state index in [-0.39, 0.29) is 0 Å². The van der Waals surface area contributed by atoms with Crippen molar-refractivity contribution < 1.29 is 9.53 Å². The fourth-order valence-corrected chi connectivity index (χ4v) is 1.55. The summed E-state index contributed by atoms with van der Waals surface area (Å²) in [5, 5.41) is 1.99. The molecule has 0 aliphatic rings. The lowest BCUT2D eigenvalue weighted by Gasteiger charge is -2.04. The number of rotatable bonds is 1. The summed E-state index contributed by atoms with van der Waals surface area (Å²) >= 11 is 2.74. The van der Waals surface area contributed by atoms with Crippen molar-refractivity contribution in [1.82, 2.24) is 0 Å². The number of hydrogen-bond acceptors (Lipinski definition) is 2. The van der Waals surface area contributed by atoms with E-state index in [1.165, 1.54) is 0 Å². The predicted octanol–water partition coefficient (Wildman–Crippen LogP) is 3.73. The highest BCUT2D eigenvalue weighted by Crippen LogP contribution is 2.25. The third kappa shape index (κ3) is 1.77. The van der Waals surface area contributed by atoms with Gasteiger partial charge in [-0.15, -0.1) is 0 Å². The maximum Gasteiger partial charge on any atom is 0.380 e. The van der Waals surface area contributed by atoms with Gasteiger partial charge in [0.1, 0.15) is 5.75 Å². The summed E-state index contributed by atoms with van der Waals surface area (Å²) in [6, 6.07) is 13.3. The molecule has 0 aromatic heterocycles. The molecule has 0 radical (unpaired) electrons. The van der Waals surface area contributed by atoms with Crippen LogP contribution in [0.5, 0.6) is 5.75 Å². The Hall–Kier alpha value is -1.35. The third-order valence-corrected chi connectivity index (χ3v) is 2.10. The lowest BCUT2D eigenvalue weighted by Crippen LogP contribution is -1.95. The summed E-state index contributed by atoms with van der Waals surface area (Å²) in [6.45, 7) is 0. The summed E-state index contributed by atoms with van der Waals surface area (Å²) in [6.07, 6.45) is 0. The van der Waals surface area contributed by atoms with Gasteiger partial charge < -0.3 is 4.74 Å². The maximum absolute atomic E-state index is 10.8. The molecule has 0 aliphatic heterocycles. The molecule has 2 aromatic rings. The summed E-state index contributed by atoms with van der Waals surface area (Å²) in [5.41, 5.74) is 0. The van der Waals surface area contributed by atoms with Crippen molar-refractivity contribution in [2.75, 3.05) is 0 Å². The van der Waals surface area contributed by atoms with E-state index in [0.717, 1.165) is 10.8 Å². The molecule has 14 heavy (non-hydrogen) atoms. The Morgan fingerprint density at radius 1 is 1.07 bits per heavy atom. The van der Waals surface area contributed by atoms with Gasteiger partial charge in [-0.2, -0.15) is 0 Å². The number of carbonyl (C=O) groups is 1. The zero-order chi connectivity index (χ0) is 9.97. The third-order valence-electron chi connectivity index (χ3n) is 1.94. The Balaban J connectivity index is 2.59. The van der Waals surface area contributed by atoms with Gasteiger partial charge in [0.05, 0.1) is 0 Å². The number of hydrogen-bond donors (Lipinski definition) is 0. The zero-order valence-corrected chi connectivity index (χ0v) is 8.82. The highest BCUT2D eigenvalue weighted by molar-refractivity contribution is 9.18. The van der Waals surface area contributed by atoms with Crippen LogP contribution in [0.2, 0.25) is 0 Å². The van der Waals surface area contributed by atoms with Gasteiger partial charge in [0.2, 0.25) is 0 Å². The zero-order valence-electron chi connectivity index (χ0n) is 7.24. The van der Waals surface area contributed by atoms with Gasteiger partial charge in [-0.1, -0.05) is 36.4 Å². The molecule has 0 heterocycles. The van der Waals surface area contributed by atoms with Gasteiger partial charge in [-0.25, -0.2) is 4.79 Å². The molecule has 70 valence electrons. The monoisotopic (exact) mass is 250 g/mol. The molecule has 2 aromatic carbocycles. The normalized spacial score (nSPS) is 10.1. The molecule has 0 saturated carbocycles. The van der Waals surface area contributed by atoms with Crippen LogP contribution in [0.25, 0.3) is 10.8 Å². The first-order chi connectivity index (χ1) is 6.77. The molecule has 0 aliphatic carbocycles. The van der Waals surface area contributed by atoms with Crippen molar-refractivity contribution in [2.24, 2.45) is 0 Å². The van der Waals surface area contributed by atoms with Gasteiger partial charge in [0, 0.05) is 21.3 Å². The average molecular weight is 251 g/mol. The first-order valence-electron chi connectivity index (χ1n) is 4.12. The molecule has 0 bridgehead atoms. The maximum atomic E-state index is 10.8. The van der Waals surface area contributed by atoms with Crippen molar-refractivity contribution in [3.63, 3.8) is 0 Å². The van der Waals surface area contributed by atoms with Crippen LogP contribution >= 0.6 is 15.9 Å². The second-order valence-corrected chi connectivity index (χ2v) is 3.46. The minimum Gasteiger partial charge on any atom is -0.418 e. The van der Waals surface area contributed by atoms with Gasteiger partial charge in [0.25, 0.3) is 0 Å². The van der Waals surface area contributed by atoms with Crippen LogP contribution in [-0.4, -0.2) is 4.88 Å². The summed E-state index contributed by atoms with van der Waals surface area (Å²) in [4.78, 5) is 10.3. The van der Waals surface area contributed by atoms with E-state index in [1.807, 2.05) is 36.4 Å². The lowest BCUT2D eigenvalue weighted by molar-refractivity contribution is 0.229. The van der Waals surface area contributed by atoms with Crippen LogP contribution < -0.4 is 4.74 Å². The van der Waals surface area contributed by atoms with E-state index in [0.29, 0.717) is 5.75 Å². The van der Waals surface area contributed by atoms with Crippen LogP contribution in [-0.2, 0) is 0 Å². The smallest absolute Gasteiger partial charge is 0.380 e. The second kappa shape index (κ2) is 3.80. The Kier molecular flexibility index (Phi) is 2.50. The van der Waals surface area contributed by atoms with Crippen molar-refractivity contribution >= 4 is 31.6 Å². The number of benzene rings is 2. The molecule has 3 heteroatoms. The second-order valence-electron chi connectivity index (χ2n) is 2.82. The molecular weight excluding hydrogens is 244 g/mol. The van der Waals surface area contributed by atoms with E-state index < -0.39 is 4.88 Å². The molecular formula is C11H7BrO2. The molecule has 0 unspecified atom stereocenters. The predicted molar refractivity (Wildman–Crippen MR) is 58.9 cm³/mol. The Bertz CT molecular complexity index is 474. The van der Waals surface area contributed by atoms with Crippen molar-refractivity contribution in [3.8, 4) is 5.75 Å². The fourth-order valence-electron chi connectivity index (χ4n) is 1.37. The number of fused-ring (bicyclic) bond motifs is 1. The minimum atomic E-state index is -0.478. The molecule has 0 amide bonds. The highest BCUT2D eigenvalue weighted by Gasteiger charge is 2.03. The average Bonchev–Trinajstić information content (AvgIpc) is 2.18. The fraction of sp³-hybridized carbons (Fsp3) is 0. The molecule has 0 fully saturated rings. The molecule has 0 saturated heterocycles.